The van der Waals surface area contributed by atoms with Crippen LogP contribution in [-0.2, 0) is 4.74 Å². The largest absolute Gasteiger partial charge is 0.490 e. The van der Waals surface area contributed by atoms with E-state index in [1.165, 1.54) is 0 Å². The van der Waals surface area contributed by atoms with Crippen molar-refractivity contribution >= 4 is 29.9 Å². The molecule has 1 aliphatic heterocycles. The number of nitrogens with two attached hydrogens (primary N) is 1. The summed E-state index contributed by atoms with van der Waals surface area (Å²) in [5, 5.41) is 3.04. The first-order chi connectivity index (χ1) is 10.8. The Morgan fingerprint density at radius 1 is 1.43 bits per heavy atom. The normalized spacial score (nSPS) is 15.7. The minimum atomic E-state index is 0. The molecule has 1 aromatic heterocycles. The molecule has 3 N–H and O–H groups in total. The highest BCUT2D eigenvalue weighted by molar-refractivity contribution is 14.0. The second-order valence-electron chi connectivity index (χ2n) is 5.04. The summed E-state index contributed by atoms with van der Waals surface area (Å²) in [4.78, 5) is 10.7. The average Bonchev–Trinajstić information content (AvgIpc) is 2.57. The third kappa shape index (κ3) is 8.92. The Morgan fingerprint density at radius 3 is 3.00 bits per heavy atom. The predicted molar refractivity (Wildman–Crippen MR) is 102 cm³/mol. The van der Waals surface area contributed by atoms with Crippen LogP contribution in [0.25, 0.3) is 0 Å². The Balaban J connectivity index is 0.00000264. The van der Waals surface area contributed by atoms with Crippen molar-refractivity contribution in [2.24, 2.45) is 10.7 Å². The molecule has 0 amide bonds. The van der Waals surface area contributed by atoms with Gasteiger partial charge in [-0.1, -0.05) is 0 Å². The van der Waals surface area contributed by atoms with Crippen molar-refractivity contribution in [1.29, 1.82) is 0 Å². The number of pyridine rings is 1. The molecule has 7 nitrogen and oxygen atoms in total. The van der Waals surface area contributed by atoms with Crippen molar-refractivity contribution in [3.63, 3.8) is 0 Å². The van der Waals surface area contributed by atoms with E-state index in [2.05, 4.69) is 20.2 Å². The third-order valence-electron chi connectivity index (χ3n) is 3.33. The van der Waals surface area contributed by atoms with Crippen LogP contribution in [0.2, 0.25) is 0 Å². The lowest BCUT2D eigenvalue weighted by Gasteiger charge is -2.26. The summed E-state index contributed by atoms with van der Waals surface area (Å²) in [6.45, 7) is 6.63. The van der Waals surface area contributed by atoms with Gasteiger partial charge in [0.15, 0.2) is 5.96 Å². The van der Waals surface area contributed by atoms with Crippen LogP contribution in [0, 0.1) is 0 Å². The summed E-state index contributed by atoms with van der Waals surface area (Å²) in [5.41, 5.74) is 5.81. The van der Waals surface area contributed by atoms with Gasteiger partial charge in [-0.05, 0) is 18.6 Å². The van der Waals surface area contributed by atoms with Crippen molar-refractivity contribution in [1.82, 2.24) is 15.2 Å². The van der Waals surface area contributed by atoms with Crippen LogP contribution in [0.15, 0.2) is 29.5 Å². The fourth-order valence-electron chi connectivity index (χ4n) is 2.15. The molecule has 0 bridgehead atoms. The molecular weight excluding hydrogens is 409 g/mol. The molecule has 2 rings (SSSR count). The molecule has 0 aliphatic carbocycles. The monoisotopic (exact) mass is 435 g/mol. The minimum absolute atomic E-state index is 0. The summed E-state index contributed by atoms with van der Waals surface area (Å²) < 4.78 is 10.8. The van der Waals surface area contributed by atoms with E-state index in [0.29, 0.717) is 19.1 Å². The minimum Gasteiger partial charge on any atom is -0.490 e. The van der Waals surface area contributed by atoms with Crippen LogP contribution in [0.5, 0.6) is 5.75 Å². The number of nitrogens with one attached hydrogen (secondary N) is 1. The van der Waals surface area contributed by atoms with Gasteiger partial charge in [0.05, 0.1) is 26.0 Å². The Hall–Kier alpha value is -1.13. The number of aliphatic imine (C=N–C) groups is 1. The van der Waals surface area contributed by atoms with Gasteiger partial charge in [0.1, 0.15) is 12.4 Å². The Labute approximate surface area is 154 Å². The molecule has 1 aliphatic rings. The first-order valence-electron chi connectivity index (χ1n) is 7.71. The second kappa shape index (κ2) is 12.3. The average molecular weight is 435 g/mol. The smallest absolute Gasteiger partial charge is 0.188 e. The van der Waals surface area contributed by atoms with E-state index in [4.69, 9.17) is 15.2 Å². The maximum atomic E-state index is 5.81. The molecule has 23 heavy (non-hydrogen) atoms. The molecule has 1 saturated heterocycles. The standard InChI is InChI=1S/C15H25N5O2.HI/c16-15(18-5-2-7-20-8-11-21-12-9-20)19-6-10-22-14-3-1-4-17-13-14;/h1,3-4,13H,2,5-12H2,(H3,16,18,19);1H. The molecule has 2 heterocycles. The van der Waals surface area contributed by atoms with Gasteiger partial charge in [0, 0.05) is 32.4 Å². The Morgan fingerprint density at radius 2 is 2.26 bits per heavy atom. The van der Waals surface area contributed by atoms with Gasteiger partial charge in [0.25, 0.3) is 0 Å². The van der Waals surface area contributed by atoms with Crippen LogP contribution >= 0.6 is 24.0 Å². The van der Waals surface area contributed by atoms with E-state index in [9.17, 15) is 0 Å². The number of nitrogens with zero attached hydrogens (tertiary/aromatic N) is 3. The van der Waals surface area contributed by atoms with Crippen molar-refractivity contribution in [2.45, 2.75) is 6.42 Å². The molecule has 0 spiro atoms. The van der Waals surface area contributed by atoms with Gasteiger partial charge in [-0.2, -0.15) is 0 Å². The van der Waals surface area contributed by atoms with Crippen LogP contribution in [0.3, 0.4) is 0 Å². The number of guanidine groups is 1. The summed E-state index contributed by atoms with van der Waals surface area (Å²) in [6.07, 6.45) is 4.41. The molecule has 130 valence electrons. The predicted octanol–water partition coefficient (Wildman–Crippen LogP) is 0.705. The summed E-state index contributed by atoms with van der Waals surface area (Å²) in [7, 11) is 0. The summed E-state index contributed by atoms with van der Waals surface area (Å²) in [6, 6.07) is 3.71. The zero-order chi connectivity index (χ0) is 15.5. The van der Waals surface area contributed by atoms with Crippen LogP contribution < -0.4 is 15.8 Å². The van der Waals surface area contributed by atoms with E-state index in [0.717, 1.165) is 51.6 Å². The van der Waals surface area contributed by atoms with Gasteiger partial charge in [-0.3, -0.25) is 14.9 Å². The van der Waals surface area contributed by atoms with Crippen molar-refractivity contribution in [3.8, 4) is 5.75 Å². The molecule has 0 unspecified atom stereocenters. The van der Waals surface area contributed by atoms with Crippen LogP contribution in [0.1, 0.15) is 6.42 Å². The van der Waals surface area contributed by atoms with Gasteiger partial charge in [-0.15, -0.1) is 24.0 Å². The zero-order valence-electron chi connectivity index (χ0n) is 13.3. The highest BCUT2D eigenvalue weighted by Gasteiger charge is 2.08. The maximum absolute atomic E-state index is 5.81. The van der Waals surface area contributed by atoms with Crippen LogP contribution in [-0.4, -0.2) is 68.4 Å². The number of aromatic nitrogens is 1. The van der Waals surface area contributed by atoms with E-state index in [1.54, 1.807) is 12.4 Å². The van der Waals surface area contributed by atoms with Gasteiger partial charge >= 0.3 is 0 Å². The lowest BCUT2D eigenvalue weighted by molar-refractivity contribution is 0.0377. The Bertz CT molecular complexity index is 441. The molecule has 0 aromatic carbocycles. The van der Waals surface area contributed by atoms with E-state index >= 15 is 0 Å². The number of rotatable bonds is 8. The molecule has 0 radical (unpaired) electrons. The number of morpholine rings is 1. The maximum Gasteiger partial charge on any atom is 0.188 e. The number of hydrogen-bond donors (Lipinski definition) is 2. The number of hydrogen-bond acceptors (Lipinski definition) is 5. The highest BCUT2D eigenvalue weighted by Crippen LogP contribution is 2.04. The quantitative estimate of drug-likeness (QED) is 0.271. The van der Waals surface area contributed by atoms with E-state index in [-0.39, 0.29) is 24.0 Å². The van der Waals surface area contributed by atoms with Gasteiger partial charge in [0.2, 0.25) is 0 Å². The van der Waals surface area contributed by atoms with Gasteiger partial charge in [-0.25, -0.2) is 0 Å². The molecule has 1 fully saturated rings. The van der Waals surface area contributed by atoms with E-state index in [1.807, 2.05) is 12.1 Å². The lowest BCUT2D eigenvalue weighted by Crippen LogP contribution is -2.37. The first kappa shape index (κ1) is 19.9. The topological polar surface area (TPSA) is 85.0 Å². The van der Waals surface area contributed by atoms with Crippen molar-refractivity contribution in [3.05, 3.63) is 24.5 Å². The van der Waals surface area contributed by atoms with Crippen molar-refractivity contribution in [2.75, 3.05) is 52.5 Å². The van der Waals surface area contributed by atoms with E-state index < -0.39 is 0 Å². The molecule has 8 heteroatoms. The SMILES string of the molecule is I.NC(=NCCCN1CCOCC1)NCCOc1cccnc1. The van der Waals surface area contributed by atoms with Crippen LogP contribution in [0.4, 0.5) is 0 Å². The summed E-state index contributed by atoms with van der Waals surface area (Å²) >= 11 is 0. The molecule has 0 atom stereocenters. The Kier molecular flexibility index (Phi) is 10.7. The second-order valence-corrected chi connectivity index (χ2v) is 5.04. The molecule has 0 saturated carbocycles. The highest BCUT2D eigenvalue weighted by atomic mass is 127. The van der Waals surface area contributed by atoms with Crippen molar-refractivity contribution < 1.29 is 9.47 Å². The third-order valence-corrected chi connectivity index (χ3v) is 3.33. The lowest BCUT2D eigenvalue weighted by atomic mass is 10.3. The first-order valence-corrected chi connectivity index (χ1v) is 7.71. The fraction of sp³-hybridized carbons (Fsp3) is 0.600. The number of ether oxygens (including phenoxy) is 2. The number of halogens is 1. The summed E-state index contributed by atoms with van der Waals surface area (Å²) in [5.74, 6) is 1.22. The molecular formula is C15H26IN5O2. The fourth-order valence-corrected chi connectivity index (χ4v) is 2.15. The molecule has 1 aromatic rings. The zero-order valence-corrected chi connectivity index (χ0v) is 15.6. The van der Waals surface area contributed by atoms with Gasteiger partial charge < -0.3 is 20.5 Å².